The fraction of sp³-hybridized carbons (Fsp3) is 0.500. The first-order valence-corrected chi connectivity index (χ1v) is 7.68. The summed E-state index contributed by atoms with van der Waals surface area (Å²) in [6.45, 7) is 0.924. The first-order valence-electron chi connectivity index (χ1n) is 6.19. The highest BCUT2D eigenvalue weighted by Gasteiger charge is 2.23. The maximum Gasteiger partial charge on any atom is 0.256 e. The zero-order valence-corrected chi connectivity index (χ0v) is 11.3. The molecule has 0 aliphatic carbocycles. The minimum atomic E-state index is -3.93. The summed E-state index contributed by atoms with van der Waals surface area (Å²) in [6.07, 6.45) is 2.91. The molecule has 1 aliphatic rings. The first-order chi connectivity index (χ1) is 9.03. The Morgan fingerprint density at radius 2 is 1.95 bits per heavy atom. The lowest BCUT2D eigenvalue weighted by Gasteiger charge is -2.26. The highest BCUT2D eigenvalue weighted by Crippen LogP contribution is 2.17. The Morgan fingerprint density at radius 1 is 1.26 bits per heavy atom. The summed E-state index contributed by atoms with van der Waals surface area (Å²) in [5.74, 6) is -0.818. The summed E-state index contributed by atoms with van der Waals surface area (Å²) in [5.41, 5.74) is 0.361. The van der Waals surface area contributed by atoms with Gasteiger partial charge in [0.2, 0.25) is 0 Å². The highest BCUT2D eigenvalue weighted by molar-refractivity contribution is 7.89. The van der Waals surface area contributed by atoms with Crippen molar-refractivity contribution in [2.24, 2.45) is 0 Å². The predicted molar refractivity (Wildman–Crippen MR) is 68.1 cm³/mol. The van der Waals surface area contributed by atoms with E-state index in [4.69, 9.17) is 5.11 Å². The molecule has 1 aromatic carbocycles. The zero-order valence-electron chi connectivity index (χ0n) is 10.5. The summed E-state index contributed by atoms with van der Waals surface area (Å²) in [6, 6.07) is 3.56. The lowest BCUT2D eigenvalue weighted by Crippen LogP contribution is -2.45. The van der Waals surface area contributed by atoms with Gasteiger partial charge in [-0.05, 0) is 30.5 Å². The highest BCUT2D eigenvalue weighted by atomic mass is 32.2. The molecule has 0 saturated carbocycles. The quantitative estimate of drug-likeness (QED) is 0.867. The third-order valence-electron chi connectivity index (χ3n) is 3.07. The molecular formula is C12H17FN2O3S. The Morgan fingerprint density at radius 3 is 2.58 bits per heavy atom. The third kappa shape index (κ3) is 3.50. The second kappa shape index (κ2) is 5.96. The molecule has 0 atom stereocenters. The molecule has 1 aromatic rings. The summed E-state index contributed by atoms with van der Waals surface area (Å²) in [5, 5.41) is 10.6. The number of aliphatic hydroxyl groups is 1. The van der Waals surface area contributed by atoms with E-state index in [0.29, 0.717) is 18.7 Å². The molecule has 1 fully saturated rings. The van der Waals surface area contributed by atoms with E-state index < -0.39 is 20.7 Å². The second-order valence-electron chi connectivity index (χ2n) is 4.57. The van der Waals surface area contributed by atoms with Crippen molar-refractivity contribution in [1.82, 2.24) is 9.84 Å². The Balaban J connectivity index is 2.23. The molecule has 1 aliphatic heterocycles. The second-order valence-corrected chi connectivity index (χ2v) is 6.19. The molecule has 0 radical (unpaired) electrons. The van der Waals surface area contributed by atoms with E-state index in [1.807, 2.05) is 0 Å². The Bertz CT molecular complexity index is 542. The van der Waals surface area contributed by atoms with Crippen molar-refractivity contribution in [3.63, 3.8) is 0 Å². The van der Waals surface area contributed by atoms with Gasteiger partial charge in [-0.25, -0.2) is 17.8 Å². The van der Waals surface area contributed by atoms with E-state index >= 15 is 0 Å². The van der Waals surface area contributed by atoms with Crippen LogP contribution in [0.5, 0.6) is 0 Å². The van der Waals surface area contributed by atoms with Gasteiger partial charge in [0.25, 0.3) is 10.0 Å². The number of rotatable bonds is 4. The number of nitrogens with zero attached hydrogens (tertiary/aromatic N) is 1. The standard InChI is InChI=1S/C12H17FN2O3S/c13-11-5-4-10(9-16)8-12(11)19(17,18)14-15-6-2-1-3-7-15/h4-5,8,14,16H,1-3,6-7,9H2. The van der Waals surface area contributed by atoms with Gasteiger partial charge in [-0.2, -0.15) is 0 Å². The van der Waals surface area contributed by atoms with Gasteiger partial charge in [-0.3, -0.25) is 0 Å². The van der Waals surface area contributed by atoms with Gasteiger partial charge in [-0.15, -0.1) is 4.83 Å². The normalized spacial score (nSPS) is 17.6. The smallest absolute Gasteiger partial charge is 0.256 e. The summed E-state index contributed by atoms with van der Waals surface area (Å²) in [7, 11) is -3.93. The number of halogens is 1. The van der Waals surface area contributed by atoms with E-state index in [0.717, 1.165) is 31.4 Å². The Hall–Kier alpha value is -1.02. The van der Waals surface area contributed by atoms with E-state index in [1.165, 1.54) is 6.07 Å². The number of piperidine rings is 1. The van der Waals surface area contributed by atoms with Crippen molar-refractivity contribution < 1.29 is 17.9 Å². The molecular weight excluding hydrogens is 271 g/mol. The number of nitrogens with one attached hydrogen (secondary N) is 1. The van der Waals surface area contributed by atoms with Gasteiger partial charge in [0, 0.05) is 13.1 Å². The molecule has 0 amide bonds. The van der Waals surface area contributed by atoms with Gasteiger partial charge >= 0.3 is 0 Å². The van der Waals surface area contributed by atoms with E-state index in [2.05, 4.69) is 4.83 Å². The largest absolute Gasteiger partial charge is 0.392 e. The van der Waals surface area contributed by atoms with Crippen molar-refractivity contribution in [1.29, 1.82) is 0 Å². The Labute approximate surface area is 112 Å². The fourth-order valence-electron chi connectivity index (χ4n) is 2.06. The SMILES string of the molecule is O=S(=O)(NN1CCCCC1)c1cc(CO)ccc1F. The molecule has 0 aromatic heterocycles. The lowest BCUT2D eigenvalue weighted by atomic mass is 10.2. The predicted octanol–water partition coefficient (Wildman–Crippen LogP) is 0.997. The van der Waals surface area contributed by atoms with Gasteiger partial charge in [0.05, 0.1) is 6.61 Å². The van der Waals surface area contributed by atoms with Crippen LogP contribution in [-0.4, -0.2) is 31.6 Å². The summed E-state index contributed by atoms with van der Waals surface area (Å²) in [4.78, 5) is 1.96. The summed E-state index contributed by atoms with van der Waals surface area (Å²) >= 11 is 0. The average Bonchev–Trinajstić information content (AvgIpc) is 2.39. The molecule has 0 unspecified atom stereocenters. The molecule has 0 spiro atoms. The Kier molecular flexibility index (Phi) is 4.51. The zero-order chi connectivity index (χ0) is 13.9. The number of aliphatic hydroxyl groups excluding tert-OH is 1. The van der Waals surface area contributed by atoms with Crippen LogP contribution >= 0.6 is 0 Å². The van der Waals surface area contributed by atoms with Crippen LogP contribution in [0.1, 0.15) is 24.8 Å². The van der Waals surface area contributed by atoms with Crippen molar-refractivity contribution >= 4 is 10.0 Å². The molecule has 1 saturated heterocycles. The monoisotopic (exact) mass is 288 g/mol. The molecule has 0 bridgehead atoms. The molecule has 106 valence electrons. The van der Waals surface area contributed by atoms with Gasteiger partial charge in [-0.1, -0.05) is 12.5 Å². The third-order valence-corrected chi connectivity index (χ3v) is 4.46. The van der Waals surface area contributed by atoms with Crippen molar-refractivity contribution in [2.75, 3.05) is 13.1 Å². The molecule has 2 rings (SSSR count). The summed E-state index contributed by atoms with van der Waals surface area (Å²) < 4.78 is 37.9. The van der Waals surface area contributed by atoms with E-state index in [-0.39, 0.29) is 6.61 Å². The van der Waals surface area contributed by atoms with Crippen molar-refractivity contribution in [3.8, 4) is 0 Å². The van der Waals surface area contributed by atoms with Crippen LogP contribution in [0, 0.1) is 5.82 Å². The van der Waals surface area contributed by atoms with Crippen molar-refractivity contribution in [3.05, 3.63) is 29.6 Å². The van der Waals surface area contributed by atoms with E-state index in [9.17, 15) is 12.8 Å². The number of hydrazine groups is 1. The van der Waals surface area contributed by atoms with Crippen molar-refractivity contribution in [2.45, 2.75) is 30.8 Å². The molecule has 5 nitrogen and oxygen atoms in total. The number of benzene rings is 1. The van der Waals surface area contributed by atoms with Gasteiger partial charge in [0.15, 0.2) is 0 Å². The van der Waals surface area contributed by atoms with Gasteiger partial charge < -0.3 is 5.11 Å². The van der Waals surface area contributed by atoms with Gasteiger partial charge in [0.1, 0.15) is 10.7 Å². The number of hydrogen-bond donors (Lipinski definition) is 2. The topological polar surface area (TPSA) is 69.6 Å². The molecule has 19 heavy (non-hydrogen) atoms. The number of sulfonamides is 1. The van der Waals surface area contributed by atoms with Crippen LogP contribution in [0.15, 0.2) is 23.1 Å². The first kappa shape index (κ1) is 14.4. The minimum Gasteiger partial charge on any atom is -0.392 e. The molecule has 1 heterocycles. The van der Waals surface area contributed by atoms with E-state index in [1.54, 1.807) is 5.01 Å². The van der Waals surface area contributed by atoms with Crippen LogP contribution < -0.4 is 4.83 Å². The fourth-order valence-corrected chi connectivity index (χ4v) is 3.31. The molecule has 2 N–H and O–H groups in total. The molecule has 7 heteroatoms. The maximum absolute atomic E-state index is 13.6. The maximum atomic E-state index is 13.6. The number of hydrogen-bond acceptors (Lipinski definition) is 4. The van der Waals surface area contributed by atoms with Crippen LogP contribution in [0.4, 0.5) is 4.39 Å². The van der Waals surface area contributed by atoms with Crippen LogP contribution in [0.2, 0.25) is 0 Å². The van der Waals surface area contributed by atoms with Crippen LogP contribution in [0.25, 0.3) is 0 Å². The average molecular weight is 288 g/mol. The van der Waals surface area contributed by atoms with Crippen LogP contribution in [0.3, 0.4) is 0 Å². The lowest BCUT2D eigenvalue weighted by molar-refractivity contribution is 0.199. The minimum absolute atomic E-state index is 0.327. The van der Waals surface area contributed by atoms with Crippen LogP contribution in [-0.2, 0) is 16.6 Å².